The Hall–Kier alpha value is -1.65. The predicted molar refractivity (Wildman–Crippen MR) is 77.8 cm³/mol. The number of benzene rings is 1. The lowest BCUT2D eigenvalue weighted by atomic mass is 10.3. The van der Waals surface area contributed by atoms with Gasteiger partial charge in [-0.25, -0.2) is 9.97 Å². The molecule has 4 nitrogen and oxygen atoms in total. The van der Waals surface area contributed by atoms with E-state index in [0.717, 1.165) is 37.6 Å². The molecular weight excluding hydrogens is 274 g/mol. The minimum atomic E-state index is 0.206. The number of rotatable bonds is 4. The Morgan fingerprint density at radius 3 is 2.90 bits per heavy atom. The van der Waals surface area contributed by atoms with Gasteiger partial charge in [0.2, 0.25) is 0 Å². The number of hydrogen-bond donors (Lipinski definition) is 0. The second kappa shape index (κ2) is 6.20. The van der Waals surface area contributed by atoms with Crippen molar-refractivity contribution < 1.29 is 4.74 Å². The lowest BCUT2D eigenvalue weighted by Gasteiger charge is -2.16. The molecule has 1 atom stereocenters. The zero-order valence-corrected chi connectivity index (χ0v) is 11.8. The minimum absolute atomic E-state index is 0.206. The van der Waals surface area contributed by atoms with Gasteiger partial charge in [-0.05, 0) is 30.7 Å². The molecule has 0 unspecified atom stereocenters. The zero-order valence-electron chi connectivity index (χ0n) is 11.1. The van der Waals surface area contributed by atoms with Crippen LogP contribution in [0.5, 0.6) is 5.75 Å². The topological polar surface area (TPSA) is 38.2 Å². The van der Waals surface area contributed by atoms with Gasteiger partial charge in [0.15, 0.2) is 0 Å². The Morgan fingerprint density at radius 2 is 2.10 bits per heavy atom. The van der Waals surface area contributed by atoms with Gasteiger partial charge in [-0.3, -0.25) is 4.90 Å². The highest BCUT2D eigenvalue weighted by Crippen LogP contribution is 2.22. The first-order valence-electron chi connectivity index (χ1n) is 6.70. The van der Waals surface area contributed by atoms with Gasteiger partial charge in [-0.2, -0.15) is 0 Å². The molecule has 5 heteroatoms. The van der Waals surface area contributed by atoms with E-state index in [1.165, 1.54) is 0 Å². The van der Waals surface area contributed by atoms with Crippen molar-refractivity contribution in [1.29, 1.82) is 0 Å². The third-order valence-corrected chi connectivity index (χ3v) is 3.55. The van der Waals surface area contributed by atoms with Gasteiger partial charge < -0.3 is 4.74 Å². The van der Waals surface area contributed by atoms with Crippen molar-refractivity contribution in [3.8, 4) is 5.75 Å². The van der Waals surface area contributed by atoms with Crippen LogP contribution in [0.3, 0.4) is 0 Å². The molecule has 0 bridgehead atoms. The molecule has 0 radical (unpaired) electrons. The smallest absolute Gasteiger partial charge is 0.142 e. The molecule has 0 N–H and O–H groups in total. The van der Waals surface area contributed by atoms with Crippen molar-refractivity contribution in [1.82, 2.24) is 14.9 Å². The maximum absolute atomic E-state index is 5.96. The van der Waals surface area contributed by atoms with Crippen molar-refractivity contribution in [3.63, 3.8) is 0 Å². The highest BCUT2D eigenvalue weighted by atomic mass is 35.5. The summed E-state index contributed by atoms with van der Waals surface area (Å²) in [5.74, 6) is 1.69. The molecule has 1 aliphatic heterocycles. The van der Waals surface area contributed by atoms with Gasteiger partial charge in [-0.15, -0.1) is 0 Å². The van der Waals surface area contributed by atoms with Crippen molar-refractivity contribution in [2.24, 2.45) is 0 Å². The SMILES string of the molecule is Clc1cccc(O[C@@H]2CCN(Cc3ncccn3)C2)c1. The van der Waals surface area contributed by atoms with Crippen LogP contribution in [0.15, 0.2) is 42.7 Å². The molecule has 1 fully saturated rings. The maximum Gasteiger partial charge on any atom is 0.142 e. The summed E-state index contributed by atoms with van der Waals surface area (Å²) in [5.41, 5.74) is 0. The quantitative estimate of drug-likeness (QED) is 0.867. The summed E-state index contributed by atoms with van der Waals surface area (Å²) in [6.07, 6.45) is 4.77. The summed E-state index contributed by atoms with van der Waals surface area (Å²) in [6, 6.07) is 9.38. The Balaban J connectivity index is 1.54. The summed E-state index contributed by atoms with van der Waals surface area (Å²) in [4.78, 5) is 10.8. The molecule has 0 spiro atoms. The molecule has 20 heavy (non-hydrogen) atoms. The van der Waals surface area contributed by atoms with Crippen LogP contribution in [-0.2, 0) is 6.54 Å². The standard InChI is InChI=1S/C15H16ClN3O/c16-12-3-1-4-13(9-12)20-14-5-8-19(10-14)11-15-17-6-2-7-18-15/h1-4,6-7,9,14H,5,8,10-11H2/t14-/m1/s1. The lowest BCUT2D eigenvalue weighted by Crippen LogP contribution is -2.25. The summed E-state index contributed by atoms with van der Waals surface area (Å²) in [5, 5.41) is 0.704. The van der Waals surface area contributed by atoms with E-state index in [4.69, 9.17) is 16.3 Å². The van der Waals surface area contributed by atoms with Crippen LogP contribution in [-0.4, -0.2) is 34.1 Å². The molecule has 0 amide bonds. The summed E-state index contributed by atoms with van der Waals surface area (Å²) >= 11 is 5.96. The summed E-state index contributed by atoms with van der Waals surface area (Å²) < 4.78 is 5.96. The van der Waals surface area contributed by atoms with E-state index in [-0.39, 0.29) is 6.10 Å². The van der Waals surface area contributed by atoms with Crippen LogP contribution in [0.25, 0.3) is 0 Å². The van der Waals surface area contributed by atoms with E-state index in [1.807, 2.05) is 30.3 Å². The van der Waals surface area contributed by atoms with E-state index in [0.29, 0.717) is 5.02 Å². The second-order valence-corrected chi connectivity index (χ2v) is 5.32. The molecule has 2 aromatic rings. The summed E-state index contributed by atoms with van der Waals surface area (Å²) in [7, 11) is 0. The van der Waals surface area contributed by atoms with Crippen LogP contribution in [0.1, 0.15) is 12.2 Å². The molecule has 2 heterocycles. The van der Waals surface area contributed by atoms with Crippen molar-refractivity contribution in [2.45, 2.75) is 19.1 Å². The molecule has 1 aliphatic rings. The molecule has 104 valence electrons. The lowest BCUT2D eigenvalue weighted by molar-refractivity contribution is 0.197. The largest absolute Gasteiger partial charge is 0.489 e. The monoisotopic (exact) mass is 289 g/mol. The van der Waals surface area contributed by atoms with Gasteiger partial charge in [0.1, 0.15) is 17.7 Å². The van der Waals surface area contributed by atoms with Crippen LogP contribution < -0.4 is 4.74 Å². The van der Waals surface area contributed by atoms with E-state index in [9.17, 15) is 0 Å². The van der Waals surface area contributed by atoms with Gasteiger partial charge in [0.05, 0.1) is 6.54 Å². The Labute approximate surface area is 123 Å². The number of ether oxygens (including phenoxy) is 1. The van der Waals surface area contributed by atoms with E-state index in [2.05, 4.69) is 14.9 Å². The van der Waals surface area contributed by atoms with Crippen LogP contribution >= 0.6 is 11.6 Å². The first-order valence-corrected chi connectivity index (χ1v) is 7.08. The van der Waals surface area contributed by atoms with Gasteiger partial charge in [0, 0.05) is 30.5 Å². The van der Waals surface area contributed by atoms with Crippen LogP contribution in [0.4, 0.5) is 0 Å². The van der Waals surface area contributed by atoms with Crippen molar-refractivity contribution in [3.05, 3.63) is 53.6 Å². The first-order chi connectivity index (χ1) is 9.79. The van der Waals surface area contributed by atoms with Crippen molar-refractivity contribution in [2.75, 3.05) is 13.1 Å². The third-order valence-electron chi connectivity index (χ3n) is 3.31. The van der Waals surface area contributed by atoms with Gasteiger partial charge >= 0.3 is 0 Å². The van der Waals surface area contributed by atoms with Crippen LogP contribution in [0, 0.1) is 0 Å². The fraction of sp³-hybridized carbons (Fsp3) is 0.333. The molecular formula is C15H16ClN3O. The third kappa shape index (κ3) is 3.46. The number of hydrogen-bond acceptors (Lipinski definition) is 4. The van der Waals surface area contributed by atoms with E-state index < -0.39 is 0 Å². The fourth-order valence-electron chi connectivity index (χ4n) is 2.38. The van der Waals surface area contributed by atoms with Crippen molar-refractivity contribution >= 4 is 11.6 Å². The number of aromatic nitrogens is 2. The summed E-state index contributed by atoms with van der Waals surface area (Å²) in [6.45, 7) is 2.67. The molecule has 1 saturated heterocycles. The number of halogens is 1. The zero-order chi connectivity index (χ0) is 13.8. The van der Waals surface area contributed by atoms with Crippen LogP contribution in [0.2, 0.25) is 5.02 Å². The highest BCUT2D eigenvalue weighted by Gasteiger charge is 2.24. The average Bonchev–Trinajstić information content (AvgIpc) is 2.87. The second-order valence-electron chi connectivity index (χ2n) is 4.89. The Bertz CT molecular complexity index is 564. The predicted octanol–water partition coefficient (Wildman–Crippen LogP) is 2.78. The van der Waals surface area contributed by atoms with E-state index in [1.54, 1.807) is 12.4 Å². The number of nitrogens with zero attached hydrogens (tertiary/aromatic N) is 3. The highest BCUT2D eigenvalue weighted by molar-refractivity contribution is 6.30. The molecule has 0 saturated carbocycles. The van der Waals surface area contributed by atoms with Gasteiger partial charge in [-0.1, -0.05) is 17.7 Å². The first kappa shape index (κ1) is 13.3. The number of likely N-dealkylation sites (tertiary alicyclic amines) is 1. The van der Waals surface area contributed by atoms with E-state index >= 15 is 0 Å². The average molecular weight is 290 g/mol. The maximum atomic E-state index is 5.96. The fourth-order valence-corrected chi connectivity index (χ4v) is 2.56. The minimum Gasteiger partial charge on any atom is -0.489 e. The molecule has 0 aliphatic carbocycles. The Morgan fingerprint density at radius 1 is 1.25 bits per heavy atom. The normalized spacial score (nSPS) is 19.1. The van der Waals surface area contributed by atoms with Gasteiger partial charge in [0.25, 0.3) is 0 Å². The molecule has 1 aromatic heterocycles. The molecule has 1 aromatic carbocycles. The Kier molecular flexibility index (Phi) is 4.14. The molecule has 3 rings (SSSR count).